The molecule has 23 heavy (non-hydrogen) atoms. The molecule has 0 spiro atoms. The van der Waals surface area contributed by atoms with E-state index in [4.69, 9.17) is 27.4 Å². The van der Waals surface area contributed by atoms with Gasteiger partial charge in [-0.1, -0.05) is 6.07 Å². The summed E-state index contributed by atoms with van der Waals surface area (Å²) in [4.78, 5) is 4.50. The van der Waals surface area contributed by atoms with Crippen LogP contribution in [0, 0.1) is 6.92 Å². The molecule has 1 heterocycles. The summed E-state index contributed by atoms with van der Waals surface area (Å²) in [5.41, 5.74) is 11.1. The number of benzene rings is 1. The van der Waals surface area contributed by atoms with Crippen molar-refractivity contribution in [2.24, 2.45) is 10.8 Å². The van der Waals surface area contributed by atoms with E-state index in [0.717, 1.165) is 11.3 Å². The van der Waals surface area contributed by atoms with E-state index in [1.54, 1.807) is 20.3 Å². The zero-order valence-corrected chi connectivity index (χ0v) is 14.0. The fourth-order valence-corrected chi connectivity index (χ4v) is 2.08. The van der Waals surface area contributed by atoms with Crippen LogP contribution in [0.25, 0.3) is 0 Å². The number of thiocarbonyl (C=S) groups is 1. The molecular formula is C16H18N4O2S. The fraction of sp³-hybridized carbons (Fsp3) is 0.188. The van der Waals surface area contributed by atoms with Crippen LogP contribution in [0.1, 0.15) is 17.0 Å². The van der Waals surface area contributed by atoms with Crippen molar-refractivity contribution in [3.05, 3.63) is 53.3 Å². The molecule has 0 radical (unpaired) electrons. The number of pyridine rings is 1. The van der Waals surface area contributed by atoms with Gasteiger partial charge in [0.25, 0.3) is 0 Å². The van der Waals surface area contributed by atoms with Crippen LogP contribution >= 0.6 is 12.2 Å². The molecule has 0 unspecified atom stereocenters. The molecule has 2 aromatic rings. The number of hydrazone groups is 1. The molecular weight excluding hydrogens is 312 g/mol. The largest absolute Gasteiger partial charge is 0.493 e. The molecule has 0 aliphatic rings. The minimum absolute atomic E-state index is 0.0793. The number of rotatable bonds is 5. The normalized spacial score (nSPS) is 11.0. The van der Waals surface area contributed by atoms with Gasteiger partial charge in [0.15, 0.2) is 16.6 Å². The molecule has 0 fully saturated rings. The second-order valence-corrected chi connectivity index (χ2v) is 5.11. The van der Waals surface area contributed by atoms with Crippen molar-refractivity contribution in [1.29, 1.82) is 0 Å². The first-order valence-corrected chi connectivity index (χ1v) is 7.25. The summed E-state index contributed by atoms with van der Waals surface area (Å²) < 4.78 is 10.6. The average Bonchev–Trinajstić information content (AvgIpc) is 2.54. The lowest BCUT2D eigenvalue weighted by Crippen LogP contribution is -2.26. The van der Waals surface area contributed by atoms with Crippen molar-refractivity contribution in [2.45, 2.75) is 6.92 Å². The minimum atomic E-state index is 0.0793. The number of methoxy groups -OCH3 is 2. The van der Waals surface area contributed by atoms with Crippen LogP contribution in [0.15, 0.2) is 41.5 Å². The van der Waals surface area contributed by atoms with Gasteiger partial charge in [-0.15, -0.1) is 0 Å². The second kappa shape index (κ2) is 7.55. The Bertz CT molecular complexity index is 747. The number of nitrogens with zero attached hydrogens (tertiary/aromatic N) is 2. The maximum absolute atomic E-state index is 5.48. The Kier molecular flexibility index (Phi) is 5.48. The van der Waals surface area contributed by atoms with Gasteiger partial charge in [-0.3, -0.25) is 10.4 Å². The summed E-state index contributed by atoms with van der Waals surface area (Å²) in [7, 11) is 3.17. The molecule has 1 aromatic carbocycles. The first-order valence-electron chi connectivity index (χ1n) is 6.84. The highest BCUT2D eigenvalue weighted by molar-refractivity contribution is 7.80. The number of nitrogens with one attached hydrogen (secondary N) is 1. The Balaban J connectivity index is 2.54. The molecule has 7 heteroatoms. The van der Waals surface area contributed by atoms with Gasteiger partial charge in [0.2, 0.25) is 0 Å². The van der Waals surface area contributed by atoms with E-state index < -0.39 is 0 Å². The summed E-state index contributed by atoms with van der Waals surface area (Å²) in [5.74, 6) is 1.23. The van der Waals surface area contributed by atoms with Crippen molar-refractivity contribution in [3.63, 3.8) is 0 Å². The van der Waals surface area contributed by atoms with Crippen LogP contribution in [0.3, 0.4) is 0 Å². The monoisotopic (exact) mass is 330 g/mol. The molecule has 6 nitrogen and oxygen atoms in total. The lowest BCUT2D eigenvalue weighted by atomic mass is 10.1. The Morgan fingerprint density at radius 1 is 1.17 bits per heavy atom. The Hall–Kier alpha value is -2.67. The van der Waals surface area contributed by atoms with E-state index in [2.05, 4.69) is 15.5 Å². The zero-order chi connectivity index (χ0) is 16.8. The van der Waals surface area contributed by atoms with Gasteiger partial charge in [-0.25, -0.2) is 0 Å². The fourth-order valence-electron chi connectivity index (χ4n) is 2.04. The van der Waals surface area contributed by atoms with E-state index >= 15 is 0 Å². The highest BCUT2D eigenvalue weighted by atomic mass is 32.1. The van der Waals surface area contributed by atoms with Crippen molar-refractivity contribution >= 4 is 23.0 Å². The Labute approximate surface area is 140 Å². The number of hydrogen-bond donors (Lipinski definition) is 2. The highest BCUT2D eigenvalue weighted by Gasteiger charge is 2.13. The first-order chi connectivity index (χ1) is 11.0. The molecule has 0 atom stereocenters. The van der Waals surface area contributed by atoms with Gasteiger partial charge in [-0.2, -0.15) is 5.10 Å². The maximum atomic E-state index is 5.48. The lowest BCUT2D eigenvalue weighted by molar-refractivity contribution is 0.355. The molecule has 0 amide bonds. The smallest absolute Gasteiger partial charge is 0.184 e. The molecule has 3 N–H and O–H groups in total. The van der Waals surface area contributed by atoms with Crippen LogP contribution in [0.2, 0.25) is 0 Å². The van der Waals surface area contributed by atoms with E-state index in [1.807, 2.05) is 37.3 Å². The molecule has 0 bridgehead atoms. The van der Waals surface area contributed by atoms with Crippen LogP contribution in [-0.4, -0.2) is 30.0 Å². The number of hydrogen-bond acceptors (Lipinski definition) is 5. The topological polar surface area (TPSA) is 81.8 Å². The Morgan fingerprint density at radius 2 is 1.91 bits per heavy atom. The van der Waals surface area contributed by atoms with E-state index in [1.165, 1.54) is 0 Å². The standard InChI is InChI=1S/C16H18N4O2S/c1-10-5-4-6-12(18-10)15(19-20-16(17)23)11-7-8-13(21-2)14(9-11)22-3/h4-9H,1-3H3,(H3,17,20,23)/b19-15-. The third-order valence-electron chi connectivity index (χ3n) is 3.07. The molecule has 0 saturated carbocycles. The maximum Gasteiger partial charge on any atom is 0.184 e. The lowest BCUT2D eigenvalue weighted by Gasteiger charge is -2.12. The number of aromatic nitrogens is 1. The minimum Gasteiger partial charge on any atom is -0.493 e. The second-order valence-electron chi connectivity index (χ2n) is 4.67. The third kappa shape index (κ3) is 4.17. The first kappa shape index (κ1) is 16.7. The molecule has 0 saturated heterocycles. The van der Waals surface area contributed by atoms with Crippen molar-refractivity contribution in [1.82, 2.24) is 10.4 Å². The number of aryl methyl sites for hydroxylation is 1. The van der Waals surface area contributed by atoms with Crippen LogP contribution in [-0.2, 0) is 0 Å². The van der Waals surface area contributed by atoms with E-state index in [-0.39, 0.29) is 5.11 Å². The Morgan fingerprint density at radius 3 is 2.52 bits per heavy atom. The summed E-state index contributed by atoms with van der Waals surface area (Å²) >= 11 is 4.82. The quantitative estimate of drug-likeness (QED) is 0.496. The van der Waals surface area contributed by atoms with Gasteiger partial charge in [0.1, 0.15) is 5.71 Å². The van der Waals surface area contributed by atoms with E-state index in [0.29, 0.717) is 22.9 Å². The number of ether oxygens (including phenoxy) is 2. The van der Waals surface area contributed by atoms with Crippen molar-refractivity contribution in [2.75, 3.05) is 14.2 Å². The number of nitrogens with two attached hydrogens (primary N) is 1. The highest BCUT2D eigenvalue weighted by Crippen LogP contribution is 2.28. The van der Waals surface area contributed by atoms with E-state index in [9.17, 15) is 0 Å². The molecule has 1 aromatic heterocycles. The van der Waals surface area contributed by atoms with Gasteiger partial charge >= 0.3 is 0 Å². The summed E-state index contributed by atoms with van der Waals surface area (Å²) in [6.07, 6.45) is 0. The molecule has 120 valence electrons. The SMILES string of the molecule is COc1ccc(/C(=N/NC(N)=S)c2cccc(C)n2)cc1OC. The molecule has 2 rings (SSSR count). The zero-order valence-electron chi connectivity index (χ0n) is 13.2. The predicted molar refractivity (Wildman–Crippen MR) is 94.1 cm³/mol. The third-order valence-corrected chi connectivity index (χ3v) is 3.16. The van der Waals surface area contributed by atoms with Gasteiger partial charge in [-0.05, 0) is 49.5 Å². The summed E-state index contributed by atoms with van der Waals surface area (Å²) in [6, 6.07) is 11.2. The predicted octanol–water partition coefficient (Wildman–Crippen LogP) is 1.99. The van der Waals surface area contributed by atoms with Crippen LogP contribution < -0.4 is 20.6 Å². The van der Waals surface area contributed by atoms with Gasteiger partial charge in [0.05, 0.1) is 19.9 Å². The molecule has 0 aliphatic carbocycles. The van der Waals surface area contributed by atoms with Crippen LogP contribution in [0.5, 0.6) is 11.5 Å². The van der Waals surface area contributed by atoms with Crippen molar-refractivity contribution in [3.8, 4) is 11.5 Å². The van der Waals surface area contributed by atoms with Gasteiger partial charge in [0, 0.05) is 11.3 Å². The summed E-state index contributed by atoms with van der Waals surface area (Å²) in [5, 5.41) is 4.36. The van der Waals surface area contributed by atoms with Crippen molar-refractivity contribution < 1.29 is 9.47 Å². The summed E-state index contributed by atoms with van der Waals surface area (Å²) in [6.45, 7) is 1.91. The van der Waals surface area contributed by atoms with Crippen LogP contribution in [0.4, 0.5) is 0 Å². The molecule has 0 aliphatic heterocycles. The van der Waals surface area contributed by atoms with Gasteiger partial charge < -0.3 is 15.2 Å². The average molecular weight is 330 g/mol.